The lowest BCUT2D eigenvalue weighted by Crippen LogP contribution is -2.45. The predicted molar refractivity (Wildman–Crippen MR) is 203 cm³/mol. The van der Waals surface area contributed by atoms with E-state index in [0.717, 1.165) is 38.5 Å². The van der Waals surface area contributed by atoms with E-state index in [-0.39, 0.29) is 19.1 Å². The van der Waals surface area contributed by atoms with Crippen molar-refractivity contribution in [3.8, 4) is 0 Å². The maximum atomic E-state index is 12.8. The Morgan fingerprint density at radius 1 is 0.688 bits per heavy atom. The number of carbonyl (C=O) groups is 1. The summed E-state index contributed by atoms with van der Waals surface area (Å²) in [5, 5.41) is 13.7. The van der Waals surface area contributed by atoms with Crippen LogP contribution in [0, 0.1) is 0 Å². The van der Waals surface area contributed by atoms with Gasteiger partial charge in [0.25, 0.3) is 0 Å². The minimum Gasteiger partial charge on any atom is -0.387 e. The van der Waals surface area contributed by atoms with Crippen LogP contribution in [0.25, 0.3) is 0 Å². The van der Waals surface area contributed by atoms with Crippen molar-refractivity contribution in [2.45, 2.75) is 180 Å². The van der Waals surface area contributed by atoms with Crippen LogP contribution in [0.2, 0.25) is 0 Å². The molecule has 0 spiro atoms. The van der Waals surface area contributed by atoms with E-state index in [9.17, 15) is 19.4 Å². The molecule has 0 radical (unpaired) electrons. The number of quaternary nitrogens is 1. The molecular formula is C39H78N2O6P+. The van der Waals surface area contributed by atoms with Gasteiger partial charge in [-0.25, -0.2) is 4.57 Å². The van der Waals surface area contributed by atoms with Gasteiger partial charge >= 0.3 is 7.82 Å². The summed E-state index contributed by atoms with van der Waals surface area (Å²) < 4.78 is 23.4. The smallest absolute Gasteiger partial charge is 0.387 e. The summed E-state index contributed by atoms with van der Waals surface area (Å²) in [5.41, 5.74) is 0. The van der Waals surface area contributed by atoms with Crippen molar-refractivity contribution in [1.29, 1.82) is 0 Å². The van der Waals surface area contributed by atoms with Crippen LogP contribution in [0.1, 0.15) is 168 Å². The lowest BCUT2D eigenvalue weighted by Gasteiger charge is -2.25. The minimum absolute atomic E-state index is 0.0574. The van der Waals surface area contributed by atoms with Gasteiger partial charge in [-0.2, -0.15) is 0 Å². The Bertz CT molecular complexity index is 845. The van der Waals surface area contributed by atoms with Gasteiger partial charge in [0, 0.05) is 6.42 Å². The second-order valence-electron chi connectivity index (χ2n) is 14.7. The number of carbonyl (C=O) groups excluding carboxylic acids is 1. The number of amides is 1. The number of hydrogen-bond acceptors (Lipinski definition) is 5. The molecule has 3 N–H and O–H groups in total. The van der Waals surface area contributed by atoms with Crippen LogP contribution in [-0.4, -0.2) is 73.4 Å². The van der Waals surface area contributed by atoms with Crippen LogP contribution in [-0.2, 0) is 18.4 Å². The van der Waals surface area contributed by atoms with Crippen molar-refractivity contribution < 1.29 is 32.9 Å². The summed E-state index contributed by atoms with van der Waals surface area (Å²) in [6, 6.07) is -0.855. The average Bonchev–Trinajstić information content (AvgIpc) is 3.02. The van der Waals surface area contributed by atoms with Crippen LogP contribution >= 0.6 is 7.82 Å². The lowest BCUT2D eigenvalue weighted by molar-refractivity contribution is -0.870. The third-order valence-corrected chi connectivity index (χ3v) is 9.66. The zero-order valence-corrected chi connectivity index (χ0v) is 32.9. The molecule has 48 heavy (non-hydrogen) atoms. The SMILES string of the molecule is CCCC/C=C/CC/C=C/C(O)C(COP(=O)(O)OCC[N+](C)(C)C)NC(=O)CCCCCCCCCCCCCCCCCCCC. The molecular weight excluding hydrogens is 623 g/mol. The summed E-state index contributed by atoms with van der Waals surface area (Å²) in [4.78, 5) is 22.9. The highest BCUT2D eigenvalue weighted by Gasteiger charge is 2.27. The molecule has 284 valence electrons. The molecule has 3 atom stereocenters. The van der Waals surface area contributed by atoms with E-state index in [0.29, 0.717) is 17.4 Å². The van der Waals surface area contributed by atoms with Crippen molar-refractivity contribution in [2.24, 2.45) is 0 Å². The topological polar surface area (TPSA) is 105 Å². The molecule has 0 heterocycles. The number of nitrogens with one attached hydrogen (secondary N) is 1. The second-order valence-corrected chi connectivity index (χ2v) is 16.1. The molecule has 0 bridgehead atoms. The van der Waals surface area contributed by atoms with Crippen molar-refractivity contribution in [1.82, 2.24) is 5.32 Å². The van der Waals surface area contributed by atoms with E-state index in [4.69, 9.17) is 9.05 Å². The molecule has 3 unspecified atom stereocenters. The number of rotatable bonds is 35. The molecule has 9 heteroatoms. The first-order chi connectivity index (χ1) is 23.0. The number of unbranched alkanes of at least 4 members (excludes halogenated alkanes) is 20. The Morgan fingerprint density at radius 2 is 1.15 bits per heavy atom. The Labute approximate surface area is 296 Å². The highest BCUT2D eigenvalue weighted by Crippen LogP contribution is 2.43. The van der Waals surface area contributed by atoms with Gasteiger partial charge in [-0.05, 0) is 25.7 Å². The van der Waals surface area contributed by atoms with Gasteiger partial charge in [-0.3, -0.25) is 13.8 Å². The summed E-state index contributed by atoms with van der Waals surface area (Å²) >= 11 is 0. The first kappa shape index (κ1) is 47.0. The van der Waals surface area contributed by atoms with E-state index in [2.05, 4.69) is 31.3 Å². The molecule has 0 fully saturated rings. The Kier molecular flexibility index (Phi) is 31.2. The fourth-order valence-corrected chi connectivity index (χ4v) is 6.19. The Balaban J connectivity index is 4.34. The number of allylic oxidation sites excluding steroid dienone is 3. The molecule has 0 aromatic heterocycles. The predicted octanol–water partition coefficient (Wildman–Crippen LogP) is 10.2. The van der Waals surface area contributed by atoms with E-state index < -0.39 is 20.0 Å². The highest BCUT2D eigenvalue weighted by atomic mass is 31.2. The van der Waals surface area contributed by atoms with Crippen LogP contribution in [0.3, 0.4) is 0 Å². The fraction of sp³-hybridized carbons (Fsp3) is 0.872. The monoisotopic (exact) mass is 702 g/mol. The molecule has 0 aliphatic carbocycles. The van der Waals surface area contributed by atoms with Crippen LogP contribution in [0.5, 0.6) is 0 Å². The Hall–Kier alpha value is -1.02. The van der Waals surface area contributed by atoms with E-state index in [1.807, 2.05) is 27.2 Å². The summed E-state index contributed by atoms with van der Waals surface area (Å²) in [7, 11) is 1.55. The molecule has 0 saturated carbocycles. The number of aliphatic hydroxyl groups excluding tert-OH is 1. The molecule has 0 rings (SSSR count). The van der Waals surface area contributed by atoms with E-state index >= 15 is 0 Å². The van der Waals surface area contributed by atoms with Crippen molar-refractivity contribution in [3.05, 3.63) is 24.3 Å². The second kappa shape index (κ2) is 31.9. The van der Waals surface area contributed by atoms with Gasteiger partial charge in [-0.1, -0.05) is 160 Å². The minimum atomic E-state index is -4.33. The number of aliphatic hydroxyl groups is 1. The molecule has 0 saturated heterocycles. The number of phosphoric ester groups is 1. The molecule has 0 aliphatic heterocycles. The quantitative estimate of drug-likeness (QED) is 0.0263. The zero-order valence-electron chi connectivity index (χ0n) is 32.0. The Morgan fingerprint density at radius 3 is 1.65 bits per heavy atom. The largest absolute Gasteiger partial charge is 0.472 e. The number of likely N-dealkylation sites (N-methyl/N-ethyl adjacent to an activating group) is 1. The normalized spacial score (nSPS) is 14.9. The highest BCUT2D eigenvalue weighted by molar-refractivity contribution is 7.47. The zero-order chi connectivity index (χ0) is 35.8. The van der Waals surface area contributed by atoms with Gasteiger partial charge in [0.05, 0.1) is 39.9 Å². The van der Waals surface area contributed by atoms with Crippen LogP contribution in [0.4, 0.5) is 0 Å². The molecule has 0 aromatic carbocycles. The van der Waals surface area contributed by atoms with Crippen molar-refractivity contribution in [3.63, 3.8) is 0 Å². The third-order valence-electron chi connectivity index (χ3n) is 8.67. The summed E-state index contributed by atoms with van der Waals surface area (Å²) in [5.74, 6) is -0.190. The summed E-state index contributed by atoms with van der Waals surface area (Å²) in [6.07, 6.45) is 35.5. The third kappa shape index (κ3) is 33.5. The summed E-state index contributed by atoms with van der Waals surface area (Å²) in [6.45, 7) is 4.71. The molecule has 0 aromatic rings. The van der Waals surface area contributed by atoms with Crippen molar-refractivity contribution >= 4 is 13.7 Å². The number of phosphoric acid groups is 1. The lowest BCUT2D eigenvalue weighted by atomic mass is 10.0. The van der Waals surface area contributed by atoms with Gasteiger partial charge in [0.2, 0.25) is 5.91 Å². The van der Waals surface area contributed by atoms with Gasteiger partial charge < -0.3 is 19.8 Å². The van der Waals surface area contributed by atoms with E-state index in [1.54, 1.807) is 6.08 Å². The van der Waals surface area contributed by atoms with Crippen molar-refractivity contribution in [2.75, 3.05) is 40.9 Å². The standard InChI is InChI=1S/C39H77N2O6P/c1-6-8-10-12-14-16-17-18-19-20-21-22-23-24-25-27-29-31-33-39(43)40-37(36-47-48(44,45)46-35-34-41(3,4)5)38(42)32-30-28-26-15-13-11-9-7-2/h13,15,30,32,37-38,42H,6-12,14,16-29,31,33-36H2,1-5H3,(H-,40,43,44,45)/p+1/b15-13+,32-30+. The van der Waals surface area contributed by atoms with Gasteiger partial charge in [0.1, 0.15) is 13.2 Å². The van der Waals surface area contributed by atoms with Crippen LogP contribution in [0.15, 0.2) is 24.3 Å². The fourth-order valence-electron chi connectivity index (χ4n) is 5.45. The first-order valence-electron chi connectivity index (χ1n) is 19.7. The number of hydrogen-bond donors (Lipinski definition) is 3. The number of nitrogens with zero attached hydrogens (tertiary/aromatic N) is 1. The molecule has 8 nitrogen and oxygen atoms in total. The van der Waals surface area contributed by atoms with Gasteiger partial charge in [-0.15, -0.1) is 0 Å². The maximum absolute atomic E-state index is 12.8. The maximum Gasteiger partial charge on any atom is 0.472 e. The van der Waals surface area contributed by atoms with Crippen LogP contribution < -0.4 is 5.32 Å². The average molecular weight is 702 g/mol. The molecule has 0 aliphatic rings. The first-order valence-corrected chi connectivity index (χ1v) is 21.2. The van der Waals surface area contributed by atoms with Gasteiger partial charge in [0.15, 0.2) is 0 Å². The van der Waals surface area contributed by atoms with E-state index in [1.165, 1.54) is 109 Å². The molecule has 1 amide bonds.